The monoisotopic (exact) mass is 174 g/mol. The Morgan fingerprint density at radius 3 is 2.46 bits per heavy atom. The molecule has 0 saturated carbocycles. The lowest BCUT2D eigenvalue weighted by molar-refractivity contribution is 0.915. The normalized spacial score (nSPS) is 10.7. The van der Waals surface area contributed by atoms with Gasteiger partial charge in [-0.05, 0) is 12.1 Å². The lowest BCUT2D eigenvalue weighted by Crippen LogP contribution is -2.12. The second-order valence-electron chi connectivity index (χ2n) is 3.51. The summed E-state index contributed by atoms with van der Waals surface area (Å²) < 4.78 is 2.20. The van der Waals surface area contributed by atoms with Gasteiger partial charge in [-0.1, -0.05) is 18.2 Å². The molecule has 13 heavy (non-hydrogen) atoms. The first kappa shape index (κ1) is 8.17. The number of nitrogens with zero attached hydrogens (tertiary/aromatic N) is 2. The van der Waals surface area contributed by atoms with Gasteiger partial charge in [0.2, 0.25) is 0 Å². The minimum Gasteiger partial charge on any atom is -0.364 e. The summed E-state index contributed by atoms with van der Waals surface area (Å²) in [5, 5.41) is 1.30. The van der Waals surface area contributed by atoms with E-state index in [-0.39, 0.29) is 0 Å². The fourth-order valence-electron chi connectivity index (χ4n) is 1.70. The lowest BCUT2D eigenvalue weighted by atomic mass is 10.2. The van der Waals surface area contributed by atoms with Gasteiger partial charge >= 0.3 is 0 Å². The Kier molecular flexibility index (Phi) is 1.76. The van der Waals surface area contributed by atoms with Gasteiger partial charge in [0.1, 0.15) is 5.82 Å². The zero-order valence-electron chi connectivity index (χ0n) is 8.28. The number of aromatic nitrogens is 1. The van der Waals surface area contributed by atoms with E-state index >= 15 is 0 Å². The van der Waals surface area contributed by atoms with Crippen molar-refractivity contribution in [3.63, 3.8) is 0 Å². The molecule has 68 valence electrons. The summed E-state index contributed by atoms with van der Waals surface area (Å²) in [6.07, 6.45) is 0. The third kappa shape index (κ3) is 1.18. The molecule has 0 aliphatic rings. The number of benzene rings is 1. The quantitative estimate of drug-likeness (QED) is 0.643. The fourth-order valence-corrected chi connectivity index (χ4v) is 1.70. The molecule has 0 radical (unpaired) electrons. The van der Waals surface area contributed by atoms with Gasteiger partial charge in [-0.15, -0.1) is 0 Å². The Morgan fingerprint density at radius 2 is 1.85 bits per heavy atom. The number of hydrogen-bond donors (Lipinski definition) is 0. The summed E-state index contributed by atoms with van der Waals surface area (Å²) in [4.78, 5) is 2.12. The van der Waals surface area contributed by atoms with Gasteiger partial charge in [0.15, 0.2) is 0 Å². The van der Waals surface area contributed by atoms with Crippen LogP contribution in [0.2, 0.25) is 0 Å². The molecule has 0 aliphatic carbocycles. The van der Waals surface area contributed by atoms with E-state index < -0.39 is 0 Å². The van der Waals surface area contributed by atoms with Gasteiger partial charge in [0.25, 0.3) is 0 Å². The molecular weight excluding hydrogens is 160 g/mol. The van der Waals surface area contributed by atoms with Gasteiger partial charge < -0.3 is 9.47 Å². The van der Waals surface area contributed by atoms with Crippen molar-refractivity contribution < 1.29 is 0 Å². The summed E-state index contributed by atoms with van der Waals surface area (Å²) >= 11 is 0. The van der Waals surface area contributed by atoms with E-state index in [1.807, 2.05) is 0 Å². The first-order valence-corrected chi connectivity index (χ1v) is 4.42. The van der Waals surface area contributed by atoms with Crippen molar-refractivity contribution in [1.82, 2.24) is 4.57 Å². The van der Waals surface area contributed by atoms with Crippen molar-refractivity contribution in [3.8, 4) is 0 Å². The van der Waals surface area contributed by atoms with Crippen LogP contribution in [0.3, 0.4) is 0 Å². The van der Waals surface area contributed by atoms with Crippen molar-refractivity contribution in [1.29, 1.82) is 0 Å². The first-order chi connectivity index (χ1) is 6.20. The maximum Gasteiger partial charge on any atom is 0.108 e. The number of rotatable bonds is 1. The molecule has 0 atom stereocenters. The van der Waals surface area contributed by atoms with E-state index in [2.05, 4.69) is 60.9 Å². The molecule has 0 N–H and O–H groups in total. The van der Waals surface area contributed by atoms with Crippen LogP contribution in [0.5, 0.6) is 0 Å². The molecule has 0 amide bonds. The Labute approximate surface area is 78.4 Å². The average molecular weight is 174 g/mol. The van der Waals surface area contributed by atoms with Crippen LogP contribution in [-0.2, 0) is 7.05 Å². The summed E-state index contributed by atoms with van der Waals surface area (Å²) in [7, 11) is 6.22. The Morgan fingerprint density at radius 1 is 1.15 bits per heavy atom. The highest BCUT2D eigenvalue weighted by Crippen LogP contribution is 2.23. The molecule has 2 nitrogen and oxygen atoms in total. The zero-order chi connectivity index (χ0) is 9.42. The van der Waals surface area contributed by atoms with E-state index in [0.717, 1.165) is 0 Å². The van der Waals surface area contributed by atoms with Crippen LogP contribution in [-0.4, -0.2) is 18.7 Å². The molecule has 0 saturated heterocycles. The van der Waals surface area contributed by atoms with Crippen LogP contribution in [0, 0.1) is 0 Å². The maximum absolute atomic E-state index is 2.20. The lowest BCUT2D eigenvalue weighted by Gasteiger charge is -2.12. The smallest absolute Gasteiger partial charge is 0.108 e. The molecule has 1 heterocycles. The van der Waals surface area contributed by atoms with Crippen molar-refractivity contribution >= 4 is 16.7 Å². The highest BCUT2D eigenvalue weighted by Gasteiger charge is 2.05. The van der Waals surface area contributed by atoms with Crippen molar-refractivity contribution in [2.45, 2.75) is 0 Å². The Balaban J connectivity index is 2.74. The third-order valence-corrected chi connectivity index (χ3v) is 2.38. The predicted octanol–water partition coefficient (Wildman–Crippen LogP) is 2.24. The van der Waals surface area contributed by atoms with Crippen LogP contribution in [0.1, 0.15) is 0 Å². The molecule has 2 aromatic rings. The number of para-hydroxylation sites is 1. The largest absolute Gasteiger partial charge is 0.364 e. The summed E-state index contributed by atoms with van der Waals surface area (Å²) in [6.45, 7) is 0. The van der Waals surface area contributed by atoms with Crippen LogP contribution in [0.4, 0.5) is 5.82 Å². The van der Waals surface area contributed by atoms with E-state index in [1.54, 1.807) is 0 Å². The molecule has 2 rings (SSSR count). The first-order valence-electron chi connectivity index (χ1n) is 4.42. The molecule has 0 bridgehead atoms. The number of aryl methyl sites for hydroxylation is 1. The fraction of sp³-hybridized carbons (Fsp3) is 0.273. The van der Waals surface area contributed by atoms with Crippen molar-refractivity contribution in [3.05, 3.63) is 30.3 Å². The summed E-state index contributed by atoms with van der Waals surface area (Å²) in [5.74, 6) is 1.24. The van der Waals surface area contributed by atoms with Gasteiger partial charge in [-0.2, -0.15) is 0 Å². The number of anilines is 1. The minimum absolute atomic E-state index is 1.24. The molecule has 0 spiro atoms. The summed E-state index contributed by atoms with van der Waals surface area (Å²) in [5.41, 5.74) is 1.28. The van der Waals surface area contributed by atoms with Gasteiger partial charge in [0.05, 0.1) is 0 Å². The third-order valence-electron chi connectivity index (χ3n) is 2.38. The zero-order valence-corrected chi connectivity index (χ0v) is 8.28. The highest BCUT2D eigenvalue weighted by atomic mass is 15.2. The van der Waals surface area contributed by atoms with Crippen LogP contribution < -0.4 is 4.90 Å². The topological polar surface area (TPSA) is 8.17 Å². The second-order valence-corrected chi connectivity index (χ2v) is 3.51. The maximum atomic E-state index is 2.20. The predicted molar refractivity (Wildman–Crippen MR) is 57.2 cm³/mol. The van der Waals surface area contributed by atoms with Gasteiger partial charge in [-0.25, -0.2) is 0 Å². The number of fused-ring (bicyclic) bond motifs is 1. The molecule has 1 aromatic carbocycles. The standard InChI is InChI=1S/C11H14N2/c1-12(2)11-8-9-6-4-5-7-10(9)13(11)3/h4-8H,1-3H3. The van der Waals surface area contributed by atoms with E-state index in [1.165, 1.54) is 16.7 Å². The Bertz CT molecular complexity index is 427. The van der Waals surface area contributed by atoms with E-state index in [9.17, 15) is 0 Å². The molecule has 0 fully saturated rings. The van der Waals surface area contributed by atoms with E-state index in [0.29, 0.717) is 0 Å². The molecule has 1 aromatic heterocycles. The second kappa shape index (κ2) is 2.80. The van der Waals surface area contributed by atoms with Crippen LogP contribution in [0.25, 0.3) is 10.9 Å². The van der Waals surface area contributed by atoms with Crippen molar-refractivity contribution in [2.75, 3.05) is 19.0 Å². The molecule has 0 unspecified atom stereocenters. The highest BCUT2D eigenvalue weighted by molar-refractivity contribution is 5.84. The number of hydrogen-bond acceptors (Lipinski definition) is 1. The Hall–Kier alpha value is -1.44. The average Bonchev–Trinajstić information content (AvgIpc) is 2.45. The SMILES string of the molecule is CN(C)c1cc2ccccc2n1C. The minimum atomic E-state index is 1.24. The molecular formula is C11H14N2. The van der Waals surface area contributed by atoms with E-state index in [4.69, 9.17) is 0 Å². The summed E-state index contributed by atoms with van der Waals surface area (Å²) in [6, 6.07) is 10.6. The van der Waals surface area contributed by atoms with Gasteiger partial charge in [-0.3, -0.25) is 0 Å². The van der Waals surface area contributed by atoms with Crippen molar-refractivity contribution in [2.24, 2.45) is 7.05 Å². The molecule has 2 heteroatoms. The molecule has 0 aliphatic heterocycles. The van der Waals surface area contributed by atoms with Crippen LogP contribution in [0.15, 0.2) is 30.3 Å². The van der Waals surface area contributed by atoms with Gasteiger partial charge in [0, 0.05) is 32.0 Å². The van der Waals surface area contributed by atoms with Crippen LogP contribution >= 0.6 is 0 Å².